The molecule has 144 valence electrons. The average molecular weight is 394 g/mol. The maximum atomic E-state index is 12.3. The van der Waals surface area contributed by atoms with Crippen LogP contribution in [0.5, 0.6) is 0 Å². The largest absolute Gasteiger partial charge is 0.466 e. The minimum atomic E-state index is -0.393. The van der Waals surface area contributed by atoms with Crippen LogP contribution in [0.15, 0.2) is 71.1 Å². The molecule has 0 fully saturated rings. The van der Waals surface area contributed by atoms with E-state index in [0.717, 1.165) is 11.1 Å². The molecule has 3 aromatic rings. The predicted molar refractivity (Wildman–Crippen MR) is 111 cm³/mol. The molecule has 0 aliphatic rings. The lowest BCUT2D eigenvalue weighted by molar-refractivity contribution is -0.119. The fraction of sp³-hybridized carbons (Fsp3) is 0.182. The standard InChI is InChI=1S/C22H22N2O3S/c1-15-13-19(16(2)27-15)22(26)24-23-20(25)14-28-21(17-9-5-3-6-10-17)18-11-7-4-8-12-18/h3-13,21H,14H2,1-2H3,(H,23,25)(H,24,26). The molecular formula is C22H22N2O3S. The number of aryl methyl sites for hydroxylation is 2. The molecule has 0 saturated carbocycles. The van der Waals surface area contributed by atoms with Crippen molar-refractivity contribution in [2.45, 2.75) is 19.1 Å². The maximum absolute atomic E-state index is 12.3. The first-order chi connectivity index (χ1) is 13.5. The summed E-state index contributed by atoms with van der Waals surface area (Å²) in [5.41, 5.74) is 7.58. The van der Waals surface area contributed by atoms with E-state index in [1.807, 2.05) is 60.7 Å². The lowest BCUT2D eigenvalue weighted by Gasteiger charge is -2.17. The Bertz CT molecular complexity index is 899. The molecule has 0 atom stereocenters. The Morgan fingerprint density at radius 2 is 1.50 bits per heavy atom. The molecule has 2 N–H and O–H groups in total. The summed E-state index contributed by atoms with van der Waals surface area (Å²) < 4.78 is 5.34. The first kappa shape index (κ1) is 19.8. The molecule has 0 aliphatic heterocycles. The zero-order chi connectivity index (χ0) is 19.9. The molecule has 28 heavy (non-hydrogen) atoms. The van der Waals surface area contributed by atoms with Crippen molar-refractivity contribution in [3.05, 3.63) is 94.9 Å². The van der Waals surface area contributed by atoms with E-state index in [-0.39, 0.29) is 16.9 Å². The highest BCUT2D eigenvalue weighted by molar-refractivity contribution is 8.00. The van der Waals surface area contributed by atoms with E-state index in [1.165, 1.54) is 11.8 Å². The van der Waals surface area contributed by atoms with Crippen molar-refractivity contribution in [1.29, 1.82) is 0 Å². The lowest BCUT2D eigenvalue weighted by Crippen LogP contribution is -2.42. The molecule has 0 saturated heterocycles. The van der Waals surface area contributed by atoms with E-state index in [4.69, 9.17) is 4.42 Å². The molecule has 6 heteroatoms. The third-order valence-electron chi connectivity index (χ3n) is 4.19. The van der Waals surface area contributed by atoms with Gasteiger partial charge in [0.05, 0.1) is 16.6 Å². The van der Waals surface area contributed by atoms with Crippen molar-refractivity contribution in [3.8, 4) is 0 Å². The summed E-state index contributed by atoms with van der Waals surface area (Å²) in [5, 5.41) is 0.0302. The molecule has 2 aromatic carbocycles. The summed E-state index contributed by atoms with van der Waals surface area (Å²) in [6, 6.07) is 21.7. The molecule has 0 bridgehead atoms. The SMILES string of the molecule is Cc1cc(C(=O)NNC(=O)CSC(c2ccccc2)c2ccccc2)c(C)o1. The summed E-state index contributed by atoms with van der Waals surface area (Å²) in [6.45, 7) is 3.48. The highest BCUT2D eigenvalue weighted by atomic mass is 32.2. The molecule has 1 heterocycles. The average Bonchev–Trinajstić information content (AvgIpc) is 3.06. The van der Waals surface area contributed by atoms with E-state index in [9.17, 15) is 9.59 Å². The third kappa shape index (κ3) is 5.04. The molecule has 5 nitrogen and oxygen atoms in total. The van der Waals surface area contributed by atoms with Crippen LogP contribution in [0.4, 0.5) is 0 Å². The number of hydrogen-bond acceptors (Lipinski definition) is 4. The van der Waals surface area contributed by atoms with Crippen LogP contribution < -0.4 is 10.9 Å². The van der Waals surface area contributed by atoms with Gasteiger partial charge >= 0.3 is 0 Å². The Morgan fingerprint density at radius 3 is 2.00 bits per heavy atom. The van der Waals surface area contributed by atoms with E-state index >= 15 is 0 Å². The second kappa shape index (κ2) is 9.28. The number of hydrazine groups is 1. The van der Waals surface area contributed by atoms with Gasteiger partial charge in [0.1, 0.15) is 11.5 Å². The normalized spacial score (nSPS) is 10.7. The minimum Gasteiger partial charge on any atom is -0.466 e. The zero-order valence-electron chi connectivity index (χ0n) is 15.8. The lowest BCUT2D eigenvalue weighted by atomic mass is 10.0. The van der Waals surface area contributed by atoms with Crippen LogP contribution in [0.3, 0.4) is 0 Å². The second-order valence-electron chi connectivity index (χ2n) is 6.34. The fourth-order valence-electron chi connectivity index (χ4n) is 2.89. The number of thioether (sulfide) groups is 1. The highest BCUT2D eigenvalue weighted by Crippen LogP contribution is 2.35. The number of carbonyl (C=O) groups is 2. The number of amides is 2. The van der Waals surface area contributed by atoms with Crippen molar-refractivity contribution >= 4 is 23.6 Å². The quantitative estimate of drug-likeness (QED) is 0.615. The van der Waals surface area contributed by atoms with Gasteiger partial charge in [0, 0.05) is 0 Å². The molecule has 1 aromatic heterocycles. The monoisotopic (exact) mass is 394 g/mol. The van der Waals surface area contributed by atoms with Crippen molar-refractivity contribution in [1.82, 2.24) is 10.9 Å². The predicted octanol–water partition coefficient (Wildman–Crippen LogP) is 4.18. The molecule has 0 aliphatic carbocycles. The second-order valence-corrected chi connectivity index (χ2v) is 7.44. The van der Waals surface area contributed by atoms with Gasteiger partial charge in [-0.2, -0.15) is 0 Å². The van der Waals surface area contributed by atoms with E-state index < -0.39 is 5.91 Å². The van der Waals surface area contributed by atoms with E-state index in [1.54, 1.807) is 19.9 Å². The first-order valence-electron chi connectivity index (χ1n) is 8.92. The molecule has 0 radical (unpaired) electrons. The number of rotatable bonds is 6. The molecule has 0 unspecified atom stereocenters. The van der Waals surface area contributed by atoms with Crippen molar-refractivity contribution < 1.29 is 14.0 Å². The van der Waals surface area contributed by atoms with Crippen LogP contribution >= 0.6 is 11.8 Å². The molecule has 3 rings (SSSR count). The van der Waals surface area contributed by atoms with Crippen LogP contribution in [-0.4, -0.2) is 17.6 Å². The van der Waals surface area contributed by atoms with E-state index in [0.29, 0.717) is 17.1 Å². The summed E-state index contributed by atoms with van der Waals surface area (Å²) >= 11 is 1.51. The summed E-state index contributed by atoms with van der Waals surface area (Å²) in [4.78, 5) is 24.4. The summed E-state index contributed by atoms with van der Waals surface area (Å²) in [6.07, 6.45) is 0. The Labute approximate surface area is 168 Å². The third-order valence-corrected chi connectivity index (χ3v) is 5.49. The van der Waals surface area contributed by atoms with Crippen LogP contribution in [0.25, 0.3) is 0 Å². The van der Waals surface area contributed by atoms with Gasteiger partial charge < -0.3 is 4.42 Å². The number of furan rings is 1. The van der Waals surface area contributed by atoms with Gasteiger partial charge in [0.15, 0.2) is 0 Å². The van der Waals surface area contributed by atoms with Crippen molar-refractivity contribution in [2.75, 3.05) is 5.75 Å². The summed E-state index contributed by atoms with van der Waals surface area (Å²) in [5.74, 6) is 0.714. The Hall–Kier alpha value is -2.99. The fourth-order valence-corrected chi connectivity index (χ4v) is 3.98. The van der Waals surface area contributed by atoms with Crippen LogP contribution in [0.1, 0.15) is 38.3 Å². The maximum Gasteiger partial charge on any atom is 0.273 e. The minimum absolute atomic E-state index is 0.0302. The molecular weight excluding hydrogens is 372 g/mol. The summed E-state index contributed by atoms with van der Waals surface area (Å²) in [7, 11) is 0. The zero-order valence-corrected chi connectivity index (χ0v) is 16.6. The first-order valence-corrected chi connectivity index (χ1v) is 9.97. The Kier molecular flexibility index (Phi) is 6.55. The number of nitrogens with one attached hydrogen (secondary N) is 2. The smallest absolute Gasteiger partial charge is 0.273 e. The number of benzene rings is 2. The van der Waals surface area contributed by atoms with Gasteiger partial charge in [-0.3, -0.25) is 20.4 Å². The van der Waals surface area contributed by atoms with Crippen LogP contribution in [0.2, 0.25) is 0 Å². The van der Waals surface area contributed by atoms with Crippen LogP contribution in [-0.2, 0) is 4.79 Å². The van der Waals surface area contributed by atoms with Crippen molar-refractivity contribution in [2.24, 2.45) is 0 Å². The van der Waals surface area contributed by atoms with Gasteiger partial charge in [0.2, 0.25) is 5.91 Å². The van der Waals surface area contributed by atoms with Gasteiger partial charge in [-0.05, 0) is 31.0 Å². The topological polar surface area (TPSA) is 71.3 Å². The van der Waals surface area contributed by atoms with E-state index in [2.05, 4.69) is 10.9 Å². The molecule has 0 spiro atoms. The van der Waals surface area contributed by atoms with Gasteiger partial charge in [-0.15, -0.1) is 11.8 Å². The Morgan fingerprint density at radius 1 is 0.929 bits per heavy atom. The molecule has 2 amide bonds. The number of hydrogen-bond donors (Lipinski definition) is 2. The van der Waals surface area contributed by atoms with Crippen LogP contribution in [0, 0.1) is 13.8 Å². The Balaban J connectivity index is 1.59. The van der Waals surface area contributed by atoms with Crippen molar-refractivity contribution in [3.63, 3.8) is 0 Å². The van der Waals surface area contributed by atoms with Gasteiger partial charge in [-0.25, -0.2) is 0 Å². The van der Waals surface area contributed by atoms with Gasteiger partial charge in [0.25, 0.3) is 5.91 Å². The van der Waals surface area contributed by atoms with Gasteiger partial charge in [-0.1, -0.05) is 60.7 Å². The highest BCUT2D eigenvalue weighted by Gasteiger charge is 2.17. The number of carbonyl (C=O) groups excluding carboxylic acids is 2.